The number of nitrogens with zero attached hydrogens (tertiary/aromatic N) is 2. The molecule has 6 nitrogen and oxygen atoms in total. The Labute approximate surface area is 111 Å². The van der Waals surface area contributed by atoms with Crippen LogP contribution in [-0.2, 0) is 6.42 Å². The van der Waals surface area contributed by atoms with E-state index in [4.69, 9.17) is 15.3 Å². The molecule has 0 saturated heterocycles. The third kappa shape index (κ3) is 3.11. The second kappa shape index (κ2) is 6.01. The van der Waals surface area contributed by atoms with Gasteiger partial charge in [0.05, 0.1) is 19.5 Å². The Kier molecular flexibility index (Phi) is 4.15. The summed E-state index contributed by atoms with van der Waals surface area (Å²) in [6.07, 6.45) is 3.95. The number of aromatic nitrogens is 2. The summed E-state index contributed by atoms with van der Waals surface area (Å²) in [7, 11) is 1.60. The standard InChI is InChI=1S/C13H16N4O2/c1-3-9-4-5-10(11(6-9)18-2)19-13-8-15-7-12(16-13)17-14/h4-8H,3,14H2,1-2H3,(H,16,17). The van der Waals surface area contributed by atoms with Crippen LogP contribution < -0.4 is 20.7 Å². The highest BCUT2D eigenvalue weighted by molar-refractivity contribution is 5.45. The van der Waals surface area contributed by atoms with E-state index in [0.717, 1.165) is 6.42 Å². The molecule has 0 amide bonds. The second-order valence-electron chi connectivity index (χ2n) is 3.83. The second-order valence-corrected chi connectivity index (χ2v) is 3.83. The normalized spacial score (nSPS) is 10.1. The van der Waals surface area contributed by atoms with Crippen LogP contribution in [-0.4, -0.2) is 17.1 Å². The Bertz CT molecular complexity index is 560. The van der Waals surface area contributed by atoms with Gasteiger partial charge in [0.15, 0.2) is 17.3 Å². The summed E-state index contributed by atoms with van der Waals surface area (Å²) in [6.45, 7) is 2.08. The van der Waals surface area contributed by atoms with E-state index in [1.165, 1.54) is 18.0 Å². The van der Waals surface area contributed by atoms with Crippen LogP contribution in [0.2, 0.25) is 0 Å². The first kappa shape index (κ1) is 13.1. The van der Waals surface area contributed by atoms with Crippen molar-refractivity contribution in [1.29, 1.82) is 0 Å². The molecule has 1 aromatic heterocycles. The number of nitrogens with two attached hydrogens (primary N) is 1. The van der Waals surface area contributed by atoms with Crippen molar-refractivity contribution in [2.24, 2.45) is 5.84 Å². The lowest BCUT2D eigenvalue weighted by Gasteiger charge is -2.11. The van der Waals surface area contributed by atoms with Gasteiger partial charge in [-0.05, 0) is 24.1 Å². The third-order valence-electron chi connectivity index (χ3n) is 2.61. The Morgan fingerprint density at radius 2 is 2.11 bits per heavy atom. The molecule has 0 spiro atoms. The fraction of sp³-hybridized carbons (Fsp3) is 0.231. The van der Waals surface area contributed by atoms with Gasteiger partial charge in [-0.1, -0.05) is 13.0 Å². The predicted octanol–water partition coefficient (Wildman–Crippen LogP) is 2.13. The summed E-state index contributed by atoms with van der Waals surface area (Å²) < 4.78 is 11.0. The molecule has 0 aliphatic carbocycles. The quantitative estimate of drug-likeness (QED) is 0.633. The highest BCUT2D eigenvalue weighted by Crippen LogP contribution is 2.31. The van der Waals surface area contributed by atoms with Gasteiger partial charge in [-0.2, -0.15) is 4.98 Å². The van der Waals surface area contributed by atoms with Gasteiger partial charge in [-0.3, -0.25) is 4.98 Å². The highest BCUT2D eigenvalue weighted by Gasteiger charge is 2.08. The number of benzene rings is 1. The maximum absolute atomic E-state index is 5.65. The number of ether oxygens (including phenoxy) is 2. The number of nitrogen functional groups attached to an aromatic ring is 1. The molecule has 6 heteroatoms. The SMILES string of the molecule is CCc1ccc(Oc2cncc(NN)n2)c(OC)c1. The van der Waals surface area contributed by atoms with E-state index in [2.05, 4.69) is 22.3 Å². The monoisotopic (exact) mass is 260 g/mol. The van der Waals surface area contributed by atoms with Crippen molar-refractivity contribution in [1.82, 2.24) is 9.97 Å². The lowest BCUT2D eigenvalue weighted by molar-refractivity contribution is 0.373. The van der Waals surface area contributed by atoms with Gasteiger partial charge in [0.25, 0.3) is 0 Å². The van der Waals surface area contributed by atoms with Crippen LogP contribution in [0.25, 0.3) is 0 Å². The van der Waals surface area contributed by atoms with Crippen LogP contribution in [0, 0.1) is 0 Å². The lowest BCUT2D eigenvalue weighted by atomic mass is 10.1. The Morgan fingerprint density at radius 3 is 2.79 bits per heavy atom. The number of anilines is 1. The van der Waals surface area contributed by atoms with Crippen LogP contribution >= 0.6 is 0 Å². The zero-order chi connectivity index (χ0) is 13.7. The van der Waals surface area contributed by atoms with E-state index in [-0.39, 0.29) is 0 Å². The molecule has 1 heterocycles. The Hall–Kier alpha value is -2.34. The zero-order valence-corrected chi connectivity index (χ0v) is 10.9. The average molecular weight is 260 g/mol. The van der Waals surface area contributed by atoms with E-state index in [1.54, 1.807) is 7.11 Å². The first-order valence-electron chi connectivity index (χ1n) is 5.90. The van der Waals surface area contributed by atoms with Crippen molar-refractivity contribution in [2.45, 2.75) is 13.3 Å². The zero-order valence-electron chi connectivity index (χ0n) is 10.9. The number of hydrogen-bond donors (Lipinski definition) is 2. The number of hydrazine groups is 1. The topological polar surface area (TPSA) is 82.3 Å². The summed E-state index contributed by atoms with van der Waals surface area (Å²) in [5, 5.41) is 0. The number of rotatable bonds is 5. The van der Waals surface area contributed by atoms with Crippen molar-refractivity contribution in [2.75, 3.05) is 12.5 Å². The fourth-order valence-electron chi connectivity index (χ4n) is 1.60. The van der Waals surface area contributed by atoms with Gasteiger partial charge in [0, 0.05) is 0 Å². The number of aryl methyl sites for hydroxylation is 1. The van der Waals surface area contributed by atoms with Crippen molar-refractivity contribution >= 4 is 5.82 Å². The number of methoxy groups -OCH3 is 1. The van der Waals surface area contributed by atoms with Crippen molar-refractivity contribution < 1.29 is 9.47 Å². The molecule has 2 rings (SSSR count). The minimum atomic E-state index is 0.345. The van der Waals surface area contributed by atoms with Crippen LogP contribution in [0.5, 0.6) is 17.4 Å². The highest BCUT2D eigenvalue weighted by atomic mass is 16.5. The van der Waals surface area contributed by atoms with Crippen molar-refractivity contribution in [3.05, 3.63) is 36.2 Å². The summed E-state index contributed by atoms with van der Waals surface area (Å²) in [6, 6.07) is 5.77. The predicted molar refractivity (Wildman–Crippen MR) is 72.3 cm³/mol. The van der Waals surface area contributed by atoms with Crippen molar-refractivity contribution in [3.63, 3.8) is 0 Å². The van der Waals surface area contributed by atoms with E-state index < -0.39 is 0 Å². The van der Waals surface area contributed by atoms with E-state index in [9.17, 15) is 0 Å². The summed E-state index contributed by atoms with van der Waals surface area (Å²) >= 11 is 0. The molecule has 0 aliphatic heterocycles. The molecule has 0 fully saturated rings. The Balaban J connectivity index is 2.26. The van der Waals surface area contributed by atoms with Gasteiger partial charge in [0.2, 0.25) is 5.88 Å². The molecule has 3 N–H and O–H groups in total. The number of nitrogens with one attached hydrogen (secondary N) is 1. The van der Waals surface area contributed by atoms with E-state index in [0.29, 0.717) is 23.2 Å². The average Bonchev–Trinajstić information content (AvgIpc) is 2.48. The largest absolute Gasteiger partial charge is 0.493 e. The summed E-state index contributed by atoms with van der Waals surface area (Å²) in [5.41, 5.74) is 3.59. The minimum absolute atomic E-state index is 0.345. The molecule has 0 unspecified atom stereocenters. The molecule has 0 atom stereocenters. The molecule has 0 radical (unpaired) electrons. The smallest absolute Gasteiger partial charge is 0.240 e. The maximum atomic E-state index is 5.65. The van der Waals surface area contributed by atoms with Gasteiger partial charge in [-0.25, -0.2) is 5.84 Å². The third-order valence-corrected chi connectivity index (χ3v) is 2.61. The van der Waals surface area contributed by atoms with Gasteiger partial charge in [-0.15, -0.1) is 0 Å². The molecule has 1 aromatic carbocycles. The lowest BCUT2D eigenvalue weighted by Crippen LogP contribution is -2.09. The Morgan fingerprint density at radius 1 is 1.26 bits per heavy atom. The molecular formula is C13H16N4O2. The summed E-state index contributed by atoms with van der Waals surface area (Å²) in [5.74, 6) is 7.30. The van der Waals surface area contributed by atoms with Crippen molar-refractivity contribution in [3.8, 4) is 17.4 Å². The molecular weight excluding hydrogens is 244 g/mol. The molecule has 0 bridgehead atoms. The first-order valence-corrected chi connectivity index (χ1v) is 5.90. The van der Waals surface area contributed by atoms with Crippen LogP contribution in [0.4, 0.5) is 5.82 Å². The van der Waals surface area contributed by atoms with Gasteiger partial charge < -0.3 is 14.9 Å². The van der Waals surface area contributed by atoms with Crippen LogP contribution in [0.15, 0.2) is 30.6 Å². The number of hydrogen-bond acceptors (Lipinski definition) is 6. The molecule has 2 aromatic rings. The summed E-state index contributed by atoms with van der Waals surface area (Å²) in [4.78, 5) is 8.10. The van der Waals surface area contributed by atoms with Gasteiger partial charge in [0.1, 0.15) is 0 Å². The first-order chi connectivity index (χ1) is 9.26. The van der Waals surface area contributed by atoms with E-state index in [1.807, 2.05) is 18.2 Å². The molecule has 0 aliphatic rings. The fourth-order valence-corrected chi connectivity index (χ4v) is 1.60. The van der Waals surface area contributed by atoms with Crippen LogP contribution in [0.3, 0.4) is 0 Å². The minimum Gasteiger partial charge on any atom is -0.493 e. The van der Waals surface area contributed by atoms with Crippen LogP contribution in [0.1, 0.15) is 12.5 Å². The van der Waals surface area contributed by atoms with E-state index >= 15 is 0 Å². The molecule has 19 heavy (non-hydrogen) atoms. The molecule has 100 valence electrons. The van der Waals surface area contributed by atoms with Gasteiger partial charge >= 0.3 is 0 Å². The maximum Gasteiger partial charge on any atom is 0.240 e. The molecule has 0 saturated carbocycles.